The number of rotatable bonds is 4. The molecule has 15 heavy (non-hydrogen) atoms. The Morgan fingerprint density at radius 3 is 1.80 bits per heavy atom. The third-order valence-electron chi connectivity index (χ3n) is 1.96. The van der Waals surface area contributed by atoms with Crippen LogP contribution in [0.2, 0.25) is 0 Å². The molecule has 0 fully saturated rings. The van der Waals surface area contributed by atoms with Gasteiger partial charge in [0, 0.05) is 0 Å². The van der Waals surface area contributed by atoms with Gasteiger partial charge in [-0.05, 0) is 26.0 Å². The zero-order chi connectivity index (χ0) is 11.3. The molecule has 1 heterocycles. The van der Waals surface area contributed by atoms with Gasteiger partial charge in [0.2, 0.25) is 12.2 Å². The summed E-state index contributed by atoms with van der Waals surface area (Å²) in [6, 6.07) is 2.64. The molecule has 5 nitrogen and oxygen atoms in total. The van der Waals surface area contributed by atoms with Gasteiger partial charge in [-0.25, -0.2) is 9.59 Å². The molecule has 0 N–H and O–H groups in total. The third-order valence-corrected chi connectivity index (χ3v) is 1.96. The predicted molar refractivity (Wildman–Crippen MR) is 51.8 cm³/mol. The first-order valence-electron chi connectivity index (χ1n) is 4.42. The Bertz CT molecular complexity index is 387. The van der Waals surface area contributed by atoms with Crippen LogP contribution in [0.5, 0.6) is 0 Å². The maximum absolute atomic E-state index is 10.0. The molecule has 0 aliphatic rings. The second kappa shape index (κ2) is 5.05. The molecule has 0 aromatic carbocycles. The van der Waals surface area contributed by atoms with E-state index in [1.807, 2.05) is 0 Å². The Labute approximate surface area is 86.5 Å². The minimum Gasteiger partial charge on any atom is -0.461 e. The summed E-state index contributed by atoms with van der Waals surface area (Å²) < 4.78 is 5.37. The maximum atomic E-state index is 10.0. The summed E-state index contributed by atoms with van der Waals surface area (Å²) in [6.07, 6.45) is 2.92. The topological polar surface area (TPSA) is 72.0 Å². The SMILES string of the molecule is CC(N=C=O)c1ccc(C(C)N=C=O)o1. The number of nitrogens with zero attached hydrogens (tertiary/aromatic N) is 2. The molecule has 2 atom stereocenters. The van der Waals surface area contributed by atoms with Gasteiger partial charge in [-0.15, -0.1) is 0 Å². The summed E-state index contributed by atoms with van der Waals surface area (Å²) in [5.74, 6) is 1.09. The molecule has 1 aromatic rings. The van der Waals surface area contributed by atoms with Crippen molar-refractivity contribution in [2.75, 3.05) is 0 Å². The molecule has 0 saturated carbocycles. The Balaban J connectivity index is 2.88. The van der Waals surface area contributed by atoms with Crippen LogP contribution < -0.4 is 0 Å². The van der Waals surface area contributed by atoms with Crippen molar-refractivity contribution in [3.05, 3.63) is 23.7 Å². The number of hydrogen-bond acceptors (Lipinski definition) is 5. The van der Waals surface area contributed by atoms with Crippen LogP contribution in [0.15, 0.2) is 26.5 Å². The van der Waals surface area contributed by atoms with Crippen molar-refractivity contribution in [3.8, 4) is 0 Å². The second-order valence-corrected chi connectivity index (χ2v) is 3.03. The second-order valence-electron chi connectivity index (χ2n) is 3.03. The summed E-state index contributed by atoms with van der Waals surface area (Å²) in [6.45, 7) is 3.42. The first-order chi connectivity index (χ1) is 7.19. The number of aliphatic imine (C=N–C) groups is 2. The van der Waals surface area contributed by atoms with Crippen LogP contribution in [0.3, 0.4) is 0 Å². The predicted octanol–water partition coefficient (Wildman–Crippen LogP) is 2.07. The van der Waals surface area contributed by atoms with Crippen molar-refractivity contribution >= 4 is 12.2 Å². The first kappa shape index (κ1) is 11.1. The van der Waals surface area contributed by atoms with Gasteiger partial charge in [0.05, 0.1) is 0 Å². The fourth-order valence-electron chi connectivity index (χ4n) is 1.10. The summed E-state index contributed by atoms with van der Waals surface area (Å²) >= 11 is 0. The van der Waals surface area contributed by atoms with E-state index in [-0.39, 0.29) is 12.1 Å². The average Bonchev–Trinajstić information content (AvgIpc) is 2.67. The normalized spacial score (nSPS) is 13.5. The highest BCUT2D eigenvalue weighted by Gasteiger charge is 2.12. The summed E-state index contributed by atoms with van der Waals surface area (Å²) in [4.78, 5) is 27.1. The fourth-order valence-corrected chi connectivity index (χ4v) is 1.10. The zero-order valence-corrected chi connectivity index (χ0v) is 8.43. The molecule has 2 unspecified atom stereocenters. The van der Waals surface area contributed by atoms with Crippen LogP contribution in [0.4, 0.5) is 0 Å². The highest BCUT2D eigenvalue weighted by molar-refractivity contribution is 5.35. The molecule has 1 aromatic heterocycles. The smallest absolute Gasteiger partial charge is 0.235 e. The molecule has 0 saturated heterocycles. The van der Waals surface area contributed by atoms with E-state index in [1.54, 1.807) is 26.0 Å². The number of furan rings is 1. The van der Waals surface area contributed by atoms with Gasteiger partial charge in [0.25, 0.3) is 0 Å². The van der Waals surface area contributed by atoms with Crippen LogP contribution in [-0.4, -0.2) is 12.2 Å². The molecular formula is C10H10N2O3. The van der Waals surface area contributed by atoms with Crippen molar-refractivity contribution in [2.45, 2.75) is 25.9 Å². The highest BCUT2D eigenvalue weighted by Crippen LogP contribution is 2.24. The van der Waals surface area contributed by atoms with E-state index in [0.29, 0.717) is 11.5 Å². The van der Waals surface area contributed by atoms with Gasteiger partial charge < -0.3 is 4.42 Å². The van der Waals surface area contributed by atoms with Crippen molar-refractivity contribution in [1.29, 1.82) is 0 Å². The van der Waals surface area contributed by atoms with Gasteiger partial charge >= 0.3 is 0 Å². The van der Waals surface area contributed by atoms with E-state index in [9.17, 15) is 9.59 Å². The molecule has 0 aliphatic carbocycles. The Morgan fingerprint density at radius 1 is 1.07 bits per heavy atom. The highest BCUT2D eigenvalue weighted by atomic mass is 16.3. The standard InChI is InChI=1S/C10H10N2O3/c1-7(11-5-13)9-3-4-10(15-9)8(2)12-6-14/h3-4,7-8H,1-2H3. The fraction of sp³-hybridized carbons (Fsp3) is 0.400. The van der Waals surface area contributed by atoms with Crippen LogP contribution in [0, 0.1) is 0 Å². The van der Waals surface area contributed by atoms with Gasteiger partial charge in [0.15, 0.2) is 0 Å². The monoisotopic (exact) mass is 206 g/mol. The molecule has 0 spiro atoms. The quantitative estimate of drug-likeness (QED) is 0.559. The van der Waals surface area contributed by atoms with E-state index in [0.717, 1.165) is 0 Å². The first-order valence-corrected chi connectivity index (χ1v) is 4.42. The number of isocyanates is 2. The van der Waals surface area contributed by atoms with Gasteiger partial charge in [0.1, 0.15) is 23.6 Å². The Morgan fingerprint density at radius 2 is 1.47 bits per heavy atom. The van der Waals surface area contributed by atoms with Crippen molar-refractivity contribution < 1.29 is 14.0 Å². The molecule has 0 radical (unpaired) electrons. The lowest BCUT2D eigenvalue weighted by Crippen LogP contribution is -1.87. The summed E-state index contributed by atoms with van der Waals surface area (Å²) in [7, 11) is 0. The summed E-state index contributed by atoms with van der Waals surface area (Å²) in [5, 5.41) is 0. The van der Waals surface area contributed by atoms with Crippen LogP contribution in [-0.2, 0) is 9.59 Å². The van der Waals surface area contributed by atoms with Crippen LogP contribution in [0.25, 0.3) is 0 Å². The molecule has 0 bridgehead atoms. The van der Waals surface area contributed by atoms with Gasteiger partial charge in [-0.1, -0.05) is 0 Å². The van der Waals surface area contributed by atoms with E-state index in [4.69, 9.17) is 4.42 Å². The molecule has 0 amide bonds. The molecular weight excluding hydrogens is 196 g/mol. The largest absolute Gasteiger partial charge is 0.461 e. The Hall–Kier alpha value is -1.96. The molecule has 78 valence electrons. The third kappa shape index (κ3) is 2.74. The lowest BCUT2D eigenvalue weighted by Gasteiger charge is -2.00. The van der Waals surface area contributed by atoms with Gasteiger partial charge in [-0.2, -0.15) is 9.98 Å². The van der Waals surface area contributed by atoms with E-state index >= 15 is 0 Å². The zero-order valence-electron chi connectivity index (χ0n) is 8.43. The van der Waals surface area contributed by atoms with Gasteiger partial charge in [-0.3, -0.25) is 0 Å². The van der Waals surface area contributed by atoms with E-state index in [2.05, 4.69) is 9.98 Å². The summed E-state index contributed by atoms with van der Waals surface area (Å²) in [5.41, 5.74) is 0. The lowest BCUT2D eigenvalue weighted by atomic mass is 10.2. The van der Waals surface area contributed by atoms with Crippen LogP contribution >= 0.6 is 0 Å². The molecule has 0 aliphatic heterocycles. The van der Waals surface area contributed by atoms with Crippen molar-refractivity contribution in [3.63, 3.8) is 0 Å². The van der Waals surface area contributed by atoms with Crippen molar-refractivity contribution in [2.24, 2.45) is 9.98 Å². The minimum atomic E-state index is -0.372. The van der Waals surface area contributed by atoms with E-state index in [1.165, 1.54) is 12.2 Å². The maximum Gasteiger partial charge on any atom is 0.235 e. The van der Waals surface area contributed by atoms with Crippen molar-refractivity contribution in [1.82, 2.24) is 0 Å². The minimum absolute atomic E-state index is 0.372. The average molecular weight is 206 g/mol. The Kier molecular flexibility index (Phi) is 3.75. The molecule has 5 heteroatoms. The molecule has 1 rings (SSSR count). The van der Waals surface area contributed by atoms with E-state index < -0.39 is 0 Å². The number of carbonyl (C=O) groups excluding carboxylic acids is 2. The number of hydrogen-bond donors (Lipinski definition) is 0. The lowest BCUT2D eigenvalue weighted by molar-refractivity contribution is 0.422. The van der Waals surface area contributed by atoms with Crippen LogP contribution in [0.1, 0.15) is 37.5 Å².